The lowest BCUT2D eigenvalue weighted by Gasteiger charge is -2.14. The van der Waals surface area contributed by atoms with Crippen molar-refractivity contribution < 1.29 is 19.4 Å². The van der Waals surface area contributed by atoms with E-state index in [4.69, 9.17) is 15.2 Å². The molecule has 3 N–H and O–H groups in total. The van der Waals surface area contributed by atoms with Crippen LogP contribution in [0.15, 0.2) is 78.9 Å². The highest BCUT2D eigenvalue weighted by atomic mass is 35.5. The number of rotatable bonds is 8. The molecule has 0 spiro atoms. The van der Waals surface area contributed by atoms with Gasteiger partial charge in [-0.2, -0.15) is 0 Å². The van der Waals surface area contributed by atoms with Crippen molar-refractivity contribution >= 4 is 18.4 Å². The molecular formula is C23H24ClNO4. The summed E-state index contributed by atoms with van der Waals surface area (Å²) in [5.74, 6) is -0.0743. The number of halogens is 1. The zero-order valence-corrected chi connectivity index (χ0v) is 16.7. The Kier molecular flexibility index (Phi) is 8.52. The first-order chi connectivity index (χ1) is 13.6. The molecule has 0 aromatic heterocycles. The van der Waals surface area contributed by atoms with E-state index in [9.17, 15) is 9.90 Å². The van der Waals surface area contributed by atoms with Gasteiger partial charge in [0.25, 0.3) is 0 Å². The molecule has 1 atom stereocenters. The van der Waals surface area contributed by atoms with E-state index in [0.717, 1.165) is 16.7 Å². The number of phenolic OH excluding ortho intramolecular Hbond substituents is 1. The van der Waals surface area contributed by atoms with Crippen LogP contribution in [0, 0.1) is 0 Å². The number of esters is 1. The fraction of sp³-hybridized carbons (Fsp3) is 0.174. The molecular weight excluding hydrogens is 390 g/mol. The van der Waals surface area contributed by atoms with Gasteiger partial charge in [0.2, 0.25) is 0 Å². The number of carbonyl (C=O) groups excluding carboxylic acids is 1. The largest absolute Gasteiger partial charge is 0.504 e. The van der Waals surface area contributed by atoms with Crippen LogP contribution in [0.1, 0.15) is 16.7 Å². The minimum atomic E-state index is -0.796. The van der Waals surface area contributed by atoms with Gasteiger partial charge < -0.3 is 20.3 Å². The Morgan fingerprint density at radius 3 is 2.07 bits per heavy atom. The van der Waals surface area contributed by atoms with E-state index in [0.29, 0.717) is 12.4 Å². The summed E-state index contributed by atoms with van der Waals surface area (Å²) in [6, 6.07) is 23.3. The summed E-state index contributed by atoms with van der Waals surface area (Å²) in [6.45, 7) is 0.525. The van der Waals surface area contributed by atoms with Crippen LogP contribution in [-0.2, 0) is 29.2 Å². The van der Waals surface area contributed by atoms with Crippen LogP contribution in [0.3, 0.4) is 0 Å². The lowest BCUT2D eigenvalue weighted by Crippen LogP contribution is -2.34. The van der Waals surface area contributed by atoms with Gasteiger partial charge in [0, 0.05) is 0 Å². The standard InChI is InChI=1S/C23H23NO4.ClH/c24-20(23(26)28-16-18-9-5-2-6-10-18)13-19-11-12-21(25)22(14-19)27-15-17-7-3-1-4-8-17;/h1-12,14,20,25H,13,15-16,24H2;1H/t20-;/m0./s1. The van der Waals surface area contributed by atoms with Gasteiger partial charge in [0.15, 0.2) is 11.5 Å². The Labute approximate surface area is 176 Å². The Hall–Kier alpha value is -3.02. The number of ether oxygens (including phenoxy) is 2. The predicted molar refractivity (Wildman–Crippen MR) is 114 cm³/mol. The zero-order valence-electron chi connectivity index (χ0n) is 15.9. The molecule has 0 saturated carbocycles. The van der Waals surface area contributed by atoms with Gasteiger partial charge in [-0.3, -0.25) is 4.79 Å². The van der Waals surface area contributed by atoms with Crippen LogP contribution >= 0.6 is 12.4 Å². The number of hydrogen-bond donors (Lipinski definition) is 2. The molecule has 0 heterocycles. The monoisotopic (exact) mass is 413 g/mol. The summed E-state index contributed by atoms with van der Waals surface area (Å²) in [6.07, 6.45) is 0.287. The van der Waals surface area contributed by atoms with Gasteiger partial charge in [-0.25, -0.2) is 0 Å². The van der Waals surface area contributed by atoms with Crippen LogP contribution in [0.4, 0.5) is 0 Å². The van der Waals surface area contributed by atoms with E-state index in [-0.39, 0.29) is 31.2 Å². The molecule has 0 aliphatic carbocycles. The number of benzene rings is 3. The fourth-order valence-corrected chi connectivity index (χ4v) is 2.71. The number of aromatic hydroxyl groups is 1. The quantitative estimate of drug-likeness (QED) is 0.545. The molecule has 0 saturated heterocycles. The van der Waals surface area contributed by atoms with Crippen molar-refractivity contribution in [1.82, 2.24) is 0 Å². The lowest BCUT2D eigenvalue weighted by atomic mass is 10.1. The molecule has 3 aromatic rings. The van der Waals surface area contributed by atoms with Crippen LogP contribution in [0.2, 0.25) is 0 Å². The van der Waals surface area contributed by atoms with Crippen LogP contribution < -0.4 is 10.5 Å². The average Bonchev–Trinajstić information content (AvgIpc) is 2.73. The number of carbonyl (C=O) groups is 1. The Morgan fingerprint density at radius 2 is 1.45 bits per heavy atom. The predicted octanol–water partition coefficient (Wildman–Crippen LogP) is 4.01. The Morgan fingerprint density at radius 1 is 0.862 bits per heavy atom. The second-order valence-electron chi connectivity index (χ2n) is 6.48. The first-order valence-electron chi connectivity index (χ1n) is 9.06. The summed E-state index contributed by atoms with van der Waals surface area (Å²) >= 11 is 0. The van der Waals surface area contributed by atoms with Crippen molar-refractivity contribution in [3.05, 3.63) is 95.6 Å². The molecule has 3 rings (SSSR count). The van der Waals surface area contributed by atoms with Crippen molar-refractivity contribution in [3.63, 3.8) is 0 Å². The van der Waals surface area contributed by atoms with E-state index < -0.39 is 12.0 Å². The van der Waals surface area contributed by atoms with Crippen LogP contribution in [0.5, 0.6) is 11.5 Å². The van der Waals surface area contributed by atoms with E-state index in [2.05, 4.69) is 0 Å². The molecule has 152 valence electrons. The number of hydrogen-bond acceptors (Lipinski definition) is 5. The molecule has 0 aliphatic heterocycles. The molecule has 0 unspecified atom stereocenters. The van der Waals surface area contributed by atoms with E-state index in [1.807, 2.05) is 60.7 Å². The smallest absolute Gasteiger partial charge is 0.323 e. The second-order valence-corrected chi connectivity index (χ2v) is 6.48. The number of nitrogens with two attached hydrogens (primary N) is 1. The van der Waals surface area contributed by atoms with Gasteiger partial charge in [0.05, 0.1) is 0 Å². The molecule has 5 nitrogen and oxygen atoms in total. The van der Waals surface area contributed by atoms with Gasteiger partial charge in [-0.1, -0.05) is 66.7 Å². The summed E-state index contributed by atoms with van der Waals surface area (Å²) in [7, 11) is 0. The third-order valence-corrected chi connectivity index (χ3v) is 4.24. The van der Waals surface area contributed by atoms with Gasteiger partial charge >= 0.3 is 5.97 Å². The Balaban J connectivity index is 0.00000300. The number of phenols is 1. The first kappa shape index (κ1) is 22.3. The van der Waals surface area contributed by atoms with E-state index in [1.54, 1.807) is 12.1 Å². The molecule has 3 aromatic carbocycles. The third-order valence-electron chi connectivity index (χ3n) is 4.24. The van der Waals surface area contributed by atoms with Crippen LogP contribution in [-0.4, -0.2) is 17.1 Å². The highest BCUT2D eigenvalue weighted by Gasteiger charge is 2.17. The van der Waals surface area contributed by atoms with E-state index in [1.165, 1.54) is 6.07 Å². The normalized spacial score (nSPS) is 11.2. The van der Waals surface area contributed by atoms with Gasteiger partial charge in [-0.05, 0) is 35.2 Å². The maximum absolute atomic E-state index is 12.2. The average molecular weight is 414 g/mol. The molecule has 6 heteroatoms. The van der Waals surface area contributed by atoms with Crippen molar-refractivity contribution in [1.29, 1.82) is 0 Å². The molecule has 0 aliphatic rings. The van der Waals surface area contributed by atoms with Crippen molar-refractivity contribution in [3.8, 4) is 11.5 Å². The first-order valence-corrected chi connectivity index (χ1v) is 9.06. The lowest BCUT2D eigenvalue weighted by molar-refractivity contribution is -0.146. The molecule has 0 radical (unpaired) electrons. The summed E-state index contributed by atoms with van der Waals surface area (Å²) in [5.41, 5.74) is 8.67. The third kappa shape index (κ3) is 6.82. The molecule has 0 amide bonds. The van der Waals surface area contributed by atoms with Gasteiger partial charge in [0.1, 0.15) is 19.3 Å². The molecule has 0 fully saturated rings. The molecule has 29 heavy (non-hydrogen) atoms. The maximum Gasteiger partial charge on any atom is 0.323 e. The second kappa shape index (κ2) is 11.1. The molecule has 0 bridgehead atoms. The topological polar surface area (TPSA) is 81.8 Å². The highest BCUT2D eigenvalue weighted by Crippen LogP contribution is 2.28. The minimum absolute atomic E-state index is 0. The Bertz CT molecular complexity index is 903. The SMILES string of the molecule is Cl.N[C@@H](Cc1ccc(O)c(OCc2ccccc2)c1)C(=O)OCc1ccccc1. The van der Waals surface area contributed by atoms with Crippen LogP contribution in [0.25, 0.3) is 0 Å². The highest BCUT2D eigenvalue weighted by molar-refractivity contribution is 5.85. The summed E-state index contributed by atoms with van der Waals surface area (Å²) < 4.78 is 11.0. The maximum atomic E-state index is 12.2. The summed E-state index contributed by atoms with van der Waals surface area (Å²) in [5, 5.41) is 10.0. The van der Waals surface area contributed by atoms with Crippen molar-refractivity contribution in [2.24, 2.45) is 5.73 Å². The van der Waals surface area contributed by atoms with E-state index >= 15 is 0 Å². The zero-order chi connectivity index (χ0) is 19.8. The van der Waals surface area contributed by atoms with Crippen molar-refractivity contribution in [2.45, 2.75) is 25.7 Å². The van der Waals surface area contributed by atoms with Crippen molar-refractivity contribution in [2.75, 3.05) is 0 Å². The summed E-state index contributed by atoms with van der Waals surface area (Å²) in [4.78, 5) is 12.2. The fourth-order valence-electron chi connectivity index (χ4n) is 2.71. The van der Waals surface area contributed by atoms with Gasteiger partial charge in [-0.15, -0.1) is 12.4 Å². The minimum Gasteiger partial charge on any atom is -0.504 e.